The first-order valence-electron chi connectivity index (χ1n) is 9.97. The second kappa shape index (κ2) is 18.6. The molecule has 0 aliphatic rings. The predicted octanol–water partition coefficient (Wildman–Crippen LogP) is 7.06. The van der Waals surface area contributed by atoms with Crippen molar-refractivity contribution in [2.45, 2.75) is 103 Å². The molecule has 0 aliphatic carbocycles. The third kappa shape index (κ3) is 15.5. The second-order valence-electron chi connectivity index (χ2n) is 6.83. The molecule has 0 saturated heterocycles. The molecule has 0 spiro atoms. The molecule has 0 nitrogen and oxygen atoms in total. The Morgan fingerprint density at radius 3 is 1.35 bits per heavy atom. The predicted molar refractivity (Wildman–Crippen MR) is 108 cm³/mol. The van der Waals surface area contributed by atoms with Gasteiger partial charge in [-0.25, -0.2) is 0 Å². The van der Waals surface area contributed by atoms with Crippen LogP contribution >= 0.6 is 0 Å². The molecule has 1 heteroatoms. The van der Waals surface area contributed by atoms with Crippen LogP contribution in [0.25, 0.3) is 0 Å². The fourth-order valence-corrected chi connectivity index (χ4v) is 3.17. The Kier molecular flexibility index (Phi) is 18.7. The van der Waals surface area contributed by atoms with Crippen LogP contribution < -0.4 is 0 Å². The van der Waals surface area contributed by atoms with Crippen LogP contribution in [-0.2, 0) is 6.42 Å². The van der Waals surface area contributed by atoms with E-state index in [0.717, 1.165) is 0 Å². The van der Waals surface area contributed by atoms with Gasteiger partial charge in [0.15, 0.2) is 0 Å². The second-order valence-corrected chi connectivity index (χ2v) is 6.83. The van der Waals surface area contributed by atoms with Crippen molar-refractivity contribution in [3.63, 3.8) is 0 Å². The average Bonchev–Trinajstić information content (AvgIpc) is 2.56. The maximum absolute atomic E-state index is 2.29. The Morgan fingerprint density at radius 2 is 0.913 bits per heavy atom. The van der Waals surface area contributed by atoms with Gasteiger partial charge in [0.2, 0.25) is 0 Å². The van der Waals surface area contributed by atoms with E-state index in [2.05, 4.69) is 37.3 Å². The number of benzene rings is 1. The zero-order valence-electron chi connectivity index (χ0n) is 15.0. The van der Waals surface area contributed by atoms with E-state index in [4.69, 9.17) is 0 Å². The molecule has 0 aliphatic heterocycles. The van der Waals surface area contributed by atoms with Crippen molar-refractivity contribution in [2.75, 3.05) is 0 Å². The molecule has 0 N–H and O–H groups in total. The summed E-state index contributed by atoms with van der Waals surface area (Å²) in [6.07, 6.45) is 21.5. The zero-order chi connectivity index (χ0) is 15.7. The van der Waals surface area contributed by atoms with Gasteiger partial charge in [0, 0.05) is 0 Å². The van der Waals surface area contributed by atoms with Gasteiger partial charge in [-0.05, 0) is 18.4 Å². The van der Waals surface area contributed by atoms with Crippen LogP contribution in [0.5, 0.6) is 0 Å². The van der Waals surface area contributed by atoms with Gasteiger partial charge in [0.1, 0.15) is 0 Å². The summed E-state index contributed by atoms with van der Waals surface area (Å²) in [6.45, 7) is 2.29. The molecule has 1 aromatic rings. The Morgan fingerprint density at radius 1 is 0.522 bits per heavy atom. The number of aryl methyl sites for hydroxylation is 1. The van der Waals surface area contributed by atoms with E-state index >= 15 is 0 Å². The molecular formula is C22H39Na. The minimum absolute atomic E-state index is 0. The third-order valence-electron chi connectivity index (χ3n) is 4.66. The van der Waals surface area contributed by atoms with Gasteiger partial charge in [-0.3, -0.25) is 0 Å². The molecular weight excluding hydrogens is 287 g/mol. The molecule has 0 saturated carbocycles. The van der Waals surface area contributed by atoms with E-state index in [1.54, 1.807) is 0 Å². The SMILES string of the molecule is CCCCCCCCCCCCCCCCc1ccccc1.[NaH]. The van der Waals surface area contributed by atoms with Crippen molar-refractivity contribution in [3.05, 3.63) is 35.9 Å². The van der Waals surface area contributed by atoms with Crippen LogP contribution in [0.1, 0.15) is 102 Å². The van der Waals surface area contributed by atoms with E-state index in [1.807, 2.05) is 0 Å². The molecule has 0 fully saturated rings. The van der Waals surface area contributed by atoms with E-state index in [0.29, 0.717) is 0 Å². The summed E-state index contributed by atoms with van der Waals surface area (Å²) in [4.78, 5) is 0. The van der Waals surface area contributed by atoms with Crippen LogP contribution in [0, 0.1) is 0 Å². The molecule has 23 heavy (non-hydrogen) atoms. The minimum atomic E-state index is 0. The fourth-order valence-electron chi connectivity index (χ4n) is 3.17. The molecule has 0 heterocycles. The molecule has 0 radical (unpaired) electrons. The molecule has 1 rings (SSSR count). The Balaban J connectivity index is 0.00000484. The summed E-state index contributed by atoms with van der Waals surface area (Å²) in [7, 11) is 0. The van der Waals surface area contributed by atoms with Crippen molar-refractivity contribution in [2.24, 2.45) is 0 Å². The van der Waals surface area contributed by atoms with Gasteiger partial charge < -0.3 is 0 Å². The number of rotatable bonds is 15. The van der Waals surface area contributed by atoms with Gasteiger partial charge in [0.25, 0.3) is 0 Å². The Labute approximate surface area is 168 Å². The van der Waals surface area contributed by atoms with E-state index in [-0.39, 0.29) is 29.6 Å². The topological polar surface area (TPSA) is 0 Å². The third-order valence-corrected chi connectivity index (χ3v) is 4.66. The van der Waals surface area contributed by atoms with Crippen LogP contribution in [0.4, 0.5) is 0 Å². The average molecular weight is 327 g/mol. The first-order chi connectivity index (χ1) is 10.9. The number of unbranched alkanes of at least 4 members (excludes halogenated alkanes) is 13. The summed E-state index contributed by atoms with van der Waals surface area (Å²) in [6, 6.07) is 10.9. The zero-order valence-corrected chi connectivity index (χ0v) is 15.0. The van der Waals surface area contributed by atoms with Crippen molar-refractivity contribution in [3.8, 4) is 0 Å². The molecule has 0 aromatic heterocycles. The quantitative estimate of drug-likeness (QED) is 0.239. The van der Waals surface area contributed by atoms with Crippen molar-refractivity contribution in [1.82, 2.24) is 0 Å². The molecule has 1 aromatic carbocycles. The Hall–Kier alpha value is 0.220. The summed E-state index contributed by atoms with van der Waals surface area (Å²) in [5.41, 5.74) is 1.50. The van der Waals surface area contributed by atoms with Crippen LogP contribution in [-0.4, -0.2) is 29.6 Å². The first kappa shape index (κ1) is 23.2. The van der Waals surface area contributed by atoms with Crippen molar-refractivity contribution >= 4 is 29.6 Å². The van der Waals surface area contributed by atoms with E-state index < -0.39 is 0 Å². The fraction of sp³-hybridized carbons (Fsp3) is 0.727. The summed E-state index contributed by atoms with van der Waals surface area (Å²) in [5.74, 6) is 0. The normalized spacial score (nSPS) is 10.5. The van der Waals surface area contributed by atoms with Gasteiger partial charge in [0.05, 0.1) is 0 Å². The van der Waals surface area contributed by atoms with Gasteiger partial charge in [-0.1, -0.05) is 121 Å². The van der Waals surface area contributed by atoms with Crippen LogP contribution in [0.2, 0.25) is 0 Å². The molecule has 0 amide bonds. The van der Waals surface area contributed by atoms with Gasteiger partial charge >= 0.3 is 29.6 Å². The summed E-state index contributed by atoms with van der Waals surface area (Å²) in [5, 5.41) is 0. The monoisotopic (exact) mass is 326 g/mol. The Bertz CT molecular complexity index is 320. The first-order valence-corrected chi connectivity index (χ1v) is 9.97. The molecule has 128 valence electrons. The summed E-state index contributed by atoms with van der Waals surface area (Å²) >= 11 is 0. The molecule has 0 unspecified atom stereocenters. The number of hydrogen-bond donors (Lipinski definition) is 0. The van der Waals surface area contributed by atoms with Crippen LogP contribution in [0.15, 0.2) is 30.3 Å². The maximum atomic E-state index is 2.29. The van der Waals surface area contributed by atoms with Gasteiger partial charge in [-0.15, -0.1) is 0 Å². The summed E-state index contributed by atoms with van der Waals surface area (Å²) < 4.78 is 0. The van der Waals surface area contributed by atoms with E-state index in [1.165, 1.54) is 102 Å². The number of hydrogen-bond acceptors (Lipinski definition) is 0. The molecule has 0 bridgehead atoms. The molecule has 0 atom stereocenters. The van der Waals surface area contributed by atoms with Crippen LogP contribution in [0.3, 0.4) is 0 Å². The van der Waals surface area contributed by atoms with Gasteiger partial charge in [-0.2, -0.15) is 0 Å². The van der Waals surface area contributed by atoms with Crippen molar-refractivity contribution in [1.29, 1.82) is 0 Å². The van der Waals surface area contributed by atoms with E-state index in [9.17, 15) is 0 Å². The standard InChI is InChI=1S/C22H38.Na.H/c1-2-3-4-5-6-7-8-9-10-11-12-13-14-16-19-22-20-17-15-18-21-22;;/h15,17-18,20-21H,2-14,16,19H2,1H3;;. The van der Waals surface area contributed by atoms with Crippen molar-refractivity contribution < 1.29 is 0 Å².